The van der Waals surface area contributed by atoms with Crippen LogP contribution in [-0.2, 0) is 11.3 Å². The summed E-state index contributed by atoms with van der Waals surface area (Å²) in [7, 11) is 0. The number of ether oxygens (including phenoxy) is 1. The highest BCUT2D eigenvalue weighted by molar-refractivity contribution is 6.31. The lowest BCUT2D eigenvalue weighted by molar-refractivity contribution is -0.123. The Bertz CT molecular complexity index is 636. The lowest BCUT2D eigenvalue weighted by atomic mass is 10.0. The van der Waals surface area contributed by atoms with Crippen LogP contribution in [0, 0.1) is 6.92 Å². The van der Waals surface area contributed by atoms with Crippen LogP contribution in [0.25, 0.3) is 0 Å². The Morgan fingerprint density at radius 1 is 1.41 bits per heavy atom. The molecule has 0 atom stereocenters. The summed E-state index contributed by atoms with van der Waals surface area (Å²) in [5, 5.41) is 3.45. The second-order valence-corrected chi connectivity index (χ2v) is 5.85. The first-order valence-electron chi connectivity index (χ1n) is 7.19. The van der Waals surface area contributed by atoms with Gasteiger partial charge in [0.05, 0.1) is 12.8 Å². The van der Waals surface area contributed by atoms with Gasteiger partial charge in [-0.2, -0.15) is 0 Å². The normalized spacial score (nSPS) is 10.8. The van der Waals surface area contributed by atoms with Crippen molar-refractivity contribution in [3.8, 4) is 5.75 Å². The Balaban J connectivity index is 1.95. The smallest absolute Gasteiger partial charge is 0.258 e. The number of hydrogen-bond donors (Lipinski definition) is 1. The quantitative estimate of drug-likeness (QED) is 0.873. The molecule has 1 N–H and O–H groups in total. The molecule has 0 fully saturated rings. The van der Waals surface area contributed by atoms with Crippen molar-refractivity contribution in [3.05, 3.63) is 52.4 Å². The van der Waals surface area contributed by atoms with Crippen molar-refractivity contribution in [2.45, 2.75) is 33.2 Å². The van der Waals surface area contributed by atoms with Gasteiger partial charge in [0.15, 0.2) is 6.61 Å². The van der Waals surface area contributed by atoms with Crippen molar-refractivity contribution in [2.24, 2.45) is 0 Å². The van der Waals surface area contributed by atoms with E-state index in [1.165, 1.54) is 0 Å². The van der Waals surface area contributed by atoms with Crippen LogP contribution in [0.3, 0.4) is 0 Å². The van der Waals surface area contributed by atoms with Crippen LogP contribution in [0.4, 0.5) is 0 Å². The summed E-state index contributed by atoms with van der Waals surface area (Å²) < 4.78 is 10.8. The molecule has 0 radical (unpaired) electrons. The molecule has 0 aliphatic carbocycles. The Hall–Kier alpha value is -1.94. The Kier molecular flexibility index (Phi) is 5.50. The van der Waals surface area contributed by atoms with E-state index in [-0.39, 0.29) is 18.4 Å². The molecule has 2 rings (SSSR count). The fourth-order valence-electron chi connectivity index (χ4n) is 2.04. The van der Waals surface area contributed by atoms with Gasteiger partial charge in [0.1, 0.15) is 11.5 Å². The first kappa shape index (κ1) is 16.4. The number of furan rings is 1. The minimum absolute atomic E-state index is 0.0402. The monoisotopic (exact) mass is 321 g/mol. The van der Waals surface area contributed by atoms with E-state index in [0.717, 1.165) is 11.1 Å². The SMILES string of the molecule is Cc1cc(OCC(=O)NCc2ccco2)c(C(C)C)cc1Cl. The van der Waals surface area contributed by atoms with Crippen molar-refractivity contribution < 1.29 is 13.9 Å². The van der Waals surface area contributed by atoms with Gasteiger partial charge in [0, 0.05) is 5.02 Å². The van der Waals surface area contributed by atoms with E-state index >= 15 is 0 Å². The van der Waals surface area contributed by atoms with Crippen LogP contribution in [-0.4, -0.2) is 12.5 Å². The van der Waals surface area contributed by atoms with Crippen LogP contribution in [0.2, 0.25) is 5.02 Å². The maximum Gasteiger partial charge on any atom is 0.258 e. The summed E-state index contributed by atoms with van der Waals surface area (Å²) in [4.78, 5) is 11.8. The van der Waals surface area contributed by atoms with E-state index < -0.39 is 0 Å². The molecule has 1 heterocycles. The second-order valence-electron chi connectivity index (χ2n) is 5.44. The number of hydrogen-bond acceptors (Lipinski definition) is 3. The maximum absolute atomic E-state index is 11.8. The van der Waals surface area contributed by atoms with Crippen LogP contribution >= 0.6 is 11.6 Å². The Labute approximate surface area is 135 Å². The minimum atomic E-state index is -0.196. The summed E-state index contributed by atoms with van der Waals surface area (Å²) in [6.07, 6.45) is 1.57. The molecule has 2 aromatic rings. The minimum Gasteiger partial charge on any atom is -0.483 e. The van der Waals surface area contributed by atoms with E-state index in [0.29, 0.717) is 23.1 Å². The number of carbonyl (C=O) groups is 1. The maximum atomic E-state index is 11.8. The Morgan fingerprint density at radius 3 is 2.82 bits per heavy atom. The van der Waals surface area contributed by atoms with Gasteiger partial charge >= 0.3 is 0 Å². The van der Waals surface area contributed by atoms with Crippen LogP contribution in [0.1, 0.15) is 36.7 Å². The highest BCUT2D eigenvalue weighted by Gasteiger charge is 2.12. The molecule has 1 aromatic carbocycles. The Morgan fingerprint density at radius 2 is 2.18 bits per heavy atom. The van der Waals surface area contributed by atoms with Crippen LogP contribution < -0.4 is 10.1 Å². The van der Waals surface area contributed by atoms with E-state index in [4.69, 9.17) is 20.8 Å². The summed E-state index contributed by atoms with van der Waals surface area (Å²) in [6.45, 7) is 6.35. The van der Waals surface area contributed by atoms with E-state index in [1.54, 1.807) is 18.4 Å². The number of carbonyl (C=O) groups excluding carboxylic acids is 1. The lowest BCUT2D eigenvalue weighted by Crippen LogP contribution is -2.28. The number of halogens is 1. The van der Waals surface area contributed by atoms with Gasteiger partial charge in [0.2, 0.25) is 0 Å². The molecule has 0 unspecified atom stereocenters. The summed E-state index contributed by atoms with van der Waals surface area (Å²) in [6, 6.07) is 7.36. The molecule has 0 bridgehead atoms. The van der Waals surface area contributed by atoms with Gasteiger partial charge < -0.3 is 14.5 Å². The zero-order valence-corrected chi connectivity index (χ0v) is 13.7. The van der Waals surface area contributed by atoms with Crippen molar-refractivity contribution >= 4 is 17.5 Å². The van der Waals surface area contributed by atoms with Gasteiger partial charge in [-0.05, 0) is 48.2 Å². The van der Waals surface area contributed by atoms with Crippen molar-refractivity contribution in [1.82, 2.24) is 5.32 Å². The third-order valence-corrected chi connectivity index (χ3v) is 3.72. The van der Waals surface area contributed by atoms with Crippen molar-refractivity contribution in [2.75, 3.05) is 6.61 Å². The number of aryl methyl sites for hydroxylation is 1. The topological polar surface area (TPSA) is 51.5 Å². The molecule has 0 saturated heterocycles. The van der Waals surface area contributed by atoms with Gasteiger partial charge in [-0.3, -0.25) is 4.79 Å². The number of amides is 1. The first-order valence-corrected chi connectivity index (χ1v) is 7.57. The van der Waals surface area contributed by atoms with Crippen LogP contribution in [0.5, 0.6) is 5.75 Å². The van der Waals surface area contributed by atoms with Gasteiger partial charge in [0.25, 0.3) is 5.91 Å². The predicted molar refractivity (Wildman–Crippen MR) is 86.3 cm³/mol. The van der Waals surface area contributed by atoms with Gasteiger partial charge in [-0.25, -0.2) is 0 Å². The van der Waals surface area contributed by atoms with Crippen molar-refractivity contribution in [3.63, 3.8) is 0 Å². The summed E-state index contributed by atoms with van der Waals surface area (Å²) in [5.41, 5.74) is 1.92. The van der Waals surface area contributed by atoms with Crippen LogP contribution in [0.15, 0.2) is 34.9 Å². The average molecular weight is 322 g/mol. The fraction of sp³-hybridized carbons (Fsp3) is 0.353. The molecule has 22 heavy (non-hydrogen) atoms. The molecular weight excluding hydrogens is 302 g/mol. The summed E-state index contributed by atoms with van der Waals surface area (Å²) in [5.74, 6) is 1.47. The summed E-state index contributed by atoms with van der Waals surface area (Å²) >= 11 is 6.15. The van der Waals surface area contributed by atoms with E-state index in [2.05, 4.69) is 19.2 Å². The molecule has 0 spiro atoms. The zero-order chi connectivity index (χ0) is 16.1. The first-order chi connectivity index (χ1) is 10.5. The number of nitrogens with one attached hydrogen (secondary N) is 1. The third kappa shape index (κ3) is 4.28. The fourth-order valence-corrected chi connectivity index (χ4v) is 2.21. The van der Waals surface area contributed by atoms with E-state index in [9.17, 15) is 4.79 Å². The highest BCUT2D eigenvalue weighted by atomic mass is 35.5. The molecule has 0 aliphatic heterocycles. The molecular formula is C17H20ClNO3. The van der Waals surface area contributed by atoms with Gasteiger partial charge in [-0.1, -0.05) is 25.4 Å². The van der Waals surface area contributed by atoms with Gasteiger partial charge in [-0.15, -0.1) is 0 Å². The molecule has 0 saturated carbocycles. The molecule has 118 valence electrons. The number of rotatable bonds is 6. The largest absolute Gasteiger partial charge is 0.483 e. The third-order valence-electron chi connectivity index (χ3n) is 3.31. The number of benzene rings is 1. The highest BCUT2D eigenvalue weighted by Crippen LogP contribution is 2.31. The van der Waals surface area contributed by atoms with Crippen molar-refractivity contribution in [1.29, 1.82) is 0 Å². The lowest BCUT2D eigenvalue weighted by Gasteiger charge is -2.15. The molecule has 5 heteroatoms. The average Bonchev–Trinajstić information content (AvgIpc) is 2.99. The predicted octanol–water partition coefficient (Wildman–Crippen LogP) is 4.06. The van der Waals surface area contributed by atoms with E-state index in [1.807, 2.05) is 19.1 Å². The molecule has 4 nitrogen and oxygen atoms in total. The molecule has 1 aromatic heterocycles. The molecule has 1 amide bonds. The second kappa shape index (κ2) is 7.36. The standard InChI is InChI=1S/C17H20ClNO3/c1-11(2)14-8-15(18)12(3)7-16(14)22-10-17(20)19-9-13-5-4-6-21-13/h4-8,11H,9-10H2,1-3H3,(H,19,20). The molecule has 0 aliphatic rings. The zero-order valence-electron chi connectivity index (χ0n) is 13.0.